The molecule has 0 aliphatic carbocycles. The Kier molecular flexibility index (Phi) is 5.18. The largest absolute Gasteiger partial charge is 0.352 e. The molecule has 0 bridgehead atoms. The van der Waals surface area contributed by atoms with Gasteiger partial charge in [0.1, 0.15) is 10.5 Å². The van der Waals surface area contributed by atoms with Gasteiger partial charge in [0.05, 0.1) is 11.4 Å². The topological polar surface area (TPSA) is 62.3 Å². The Morgan fingerprint density at radius 1 is 1.30 bits per heavy atom. The molecule has 2 aromatic heterocycles. The van der Waals surface area contributed by atoms with Crippen LogP contribution in [0.5, 0.6) is 0 Å². The smallest absolute Gasteiger partial charge is 0.255 e. The van der Waals surface area contributed by atoms with E-state index in [0.29, 0.717) is 22.9 Å². The van der Waals surface area contributed by atoms with Gasteiger partial charge in [-0.15, -0.1) is 11.3 Å². The van der Waals surface area contributed by atoms with Gasteiger partial charge in [-0.1, -0.05) is 23.5 Å². The minimum atomic E-state index is -0.290. The molecule has 0 unspecified atom stereocenters. The highest BCUT2D eigenvalue weighted by molar-refractivity contribution is 7.21. The lowest BCUT2D eigenvalue weighted by atomic mass is 9.97. The van der Waals surface area contributed by atoms with Crippen molar-refractivity contribution in [1.82, 2.24) is 10.3 Å². The van der Waals surface area contributed by atoms with Crippen molar-refractivity contribution in [3.63, 3.8) is 0 Å². The first-order chi connectivity index (χ1) is 13.1. The molecule has 1 N–H and O–H groups in total. The molecular formula is C19H18FN3O2S2. The molecule has 1 aliphatic rings. The molecule has 4 rings (SSSR count). The second-order valence-electron chi connectivity index (χ2n) is 6.55. The fourth-order valence-corrected chi connectivity index (χ4v) is 4.97. The number of fused-ring (bicyclic) bond motifs is 1. The average molecular weight is 404 g/mol. The third kappa shape index (κ3) is 4.01. The highest BCUT2D eigenvalue weighted by atomic mass is 32.1. The van der Waals surface area contributed by atoms with Crippen LogP contribution in [-0.4, -0.2) is 24.0 Å². The van der Waals surface area contributed by atoms with Gasteiger partial charge in [-0.3, -0.25) is 9.59 Å². The number of nitrogens with zero attached hydrogens (tertiary/aromatic N) is 2. The zero-order valence-corrected chi connectivity index (χ0v) is 16.1. The Labute approximate surface area is 163 Å². The Bertz CT molecular complexity index is 1020. The number of hydrogen-bond acceptors (Lipinski definition) is 6. The predicted octanol–water partition coefficient (Wildman–Crippen LogP) is 3.39. The molecule has 0 saturated carbocycles. The first-order valence-corrected chi connectivity index (χ1v) is 10.5. The van der Waals surface area contributed by atoms with Crippen LogP contribution in [0.25, 0.3) is 10.2 Å². The van der Waals surface area contributed by atoms with Crippen molar-refractivity contribution in [2.24, 2.45) is 5.92 Å². The fraction of sp³-hybridized carbons (Fsp3) is 0.316. The van der Waals surface area contributed by atoms with Gasteiger partial charge in [-0.25, -0.2) is 9.37 Å². The van der Waals surface area contributed by atoms with Crippen LogP contribution in [0.4, 0.5) is 9.52 Å². The predicted molar refractivity (Wildman–Crippen MR) is 107 cm³/mol. The summed E-state index contributed by atoms with van der Waals surface area (Å²) >= 11 is 2.56. The summed E-state index contributed by atoms with van der Waals surface area (Å²) in [5.74, 6) is -0.462. The van der Waals surface area contributed by atoms with Gasteiger partial charge in [-0.05, 0) is 42.0 Å². The minimum Gasteiger partial charge on any atom is -0.352 e. The van der Waals surface area contributed by atoms with Gasteiger partial charge < -0.3 is 10.2 Å². The van der Waals surface area contributed by atoms with Crippen LogP contribution in [0.1, 0.15) is 18.4 Å². The summed E-state index contributed by atoms with van der Waals surface area (Å²) in [4.78, 5) is 31.5. The normalized spacial score (nSPS) is 17.2. The number of hydrogen-bond donors (Lipinski definition) is 1. The van der Waals surface area contributed by atoms with Gasteiger partial charge in [0.2, 0.25) is 5.91 Å². The molecule has 0 radical (unpaired) electrons. The van der Waals surface area contributed by atoms with Crippen LogP contribution >= 0.6 is 22.7 Å². The lowest BCUT2D eigenvalue weighted by Crippen LogP contribution is -2.43. The van der Waals surface area contributed by atoms with E-state index in [-0.39, 0.29) is 22.4 Å². The van der Waals surface area contributed by atoms with Crippen molar-refractivity contribution in [2.45, 2.75) is 19.4 Å². The number of carbonyl (C=O) groups excluding carboxylic acids is 1. The SMILES string of the molecule is O=C(NCc1ccc(F)cc1)[C@H]1CCCN(c2nc3ccsc3c(=O)s2)C1. The Morgan fingerprint density at radius 2 is 2.11 bits per heavy atom. The fourth-order valence-electron chi connectivity index (χ4n) is 3.23. The van der Waals surface area contributed by atoms with Crippen LogP contribution in [0.2, 0.25) is 0 Å². The summed E-state index contributed by atoms with van der Waals surface area (Å²) in [6.07, 6.45) is 1.68. The number of aromatic nitrogens is 1. The van der Waals surface area contributed by atoms with E-state index in [1.165, 1.54) is 23.5 Å². The molecule has 1 aliphatic heterocycles. The van der Waals surface area contributed by atoms with Crippen molar-refractivity contribution < 1.29 is 9.18 Å². The highest BCUT2D eigenvalue weighted by Gasteiger charge is 2.27. The van der Waals surface area contributed by atoms with Crippen molar-refractivity contribution in [3.8, 4) is 0 Å². The van der Waals surface area contributed by atoms with Crippen LogP contribution in [0, 0.1) is 11.7 Å². The molecule has 0 spiro atoms. The molecule has 1 amide bonds. The number of anilines is 1. The van der Waals surface area contributed by atoms with Crippen molar-refractivity contribution >= 4 is 43.9 Å². The van der Waals surface area contributed by atoms with Crippen molar-refractivity contribution in [1.29, 1.82) is 0 Å². The van der Waals surface area contributed by atoms with E-state index in [1.807, 2.05) is 16.3 Å². The number of nitrogens with one attached hydrogen (secondary N) is 1. The zero-order chi connectivity index (χ0) is 18.8. The van der Waals surface area contributed by atoms with Gasteiger partial charge in [0.25, 0.3) is 4.74 Å². The average Bonchev–Trinajstić information content (AvgIpc) is 3.17. The van der Waals surface area contributed by atoms with E-state index < -0.39 is 0 Å². The third-order valence-corrected chi connectivity index (χ3v) is 6.63. The van der Waals surface area contributed by atoms with E-state index in [0.717, 1.165) is 41.8 Å². The quantitative estimate of drug-likeness (QED) is 0.725. The highest BCUT2D eigenvalue weighted by Crippen LogP contribution is 2.26. The summed E-state index contributed by atoms with van der Waals surface area (Å²) in [5, 5.41) is 5.49. The summed E-state index contributed by atoms with van der Waals surface area (Å²) in [7, 11) is 0. The Balaban J connectivity index is 1.43. The Hall–Kier alpha value is -2.32. The summed E-state index contributed by atoms with van der Waals surface area (Å²) in [6, 6.07) is 7.96. The van der Waals surface area contributed by atoms with E-state index >= 15 is 0 Å². The second kappa shape index (κ2) is 7.74. The van der Waals surface area contributed by atoms with Crippen LogP contribution in [0.15, 0.2) is 40.5 Å². The molecule has 1 saturated heterocycles. The molecule has 3 aromatic rings. The lowest BCUT2D eigenvalue weighted by Gasteiger charge is -2.32. The van der Waals surface area contributed by atoms with Crippen LogP contribution in [0.3, 0.4) is 0 Å². The van der Waals surface area contributed by atoms with Crippen LogP contribution in [-0.2, 0) is 11.3 Å². The summed E-state index contributed by atoms with van der Waals surface area (Å²) < 4.78 is 13.7. The number of thiophene rings is 1. The minimum absolute atomic E-state index is 0.0204. The number of halogens is 1. The standard InChI is InChI=1S/C19H18FN3O2S2/c20-14-5-3-12(4-6-14)10-21-17(24)13-2-1-8-23(11-13)19-22-15-7-9-26-16(15)18(25)27-19/h3-7,9,13H,1-2,8,10-11H2,(H,21,24)/t13-/m0/s1. The van der Waals surface area contributed by atoms with Crippen molar-refractivity contribution in [2.75, 3.05) is 18.0 Å². The molecule has 27 heavy (non-hydrogen) atoms. The number of benzene rings is 1. The van der Waals surface area contributed by atoms with Gasteiger partial charge in [0.15, 0.2) is 5.13 Å². The molecule has 140 valence electrons. The molecular weight excluding hydrogens is 385 g/mol. The third-order valence-electron chi connectivity index (χ3n) is 4.67. The maximum absolute atomic E-state index is 13.0. The first-order valence-electron chi connectivity index (χ1n) is 8.75. The van der Waals surface area contributed by atoms with E-state index in [9.17, 15) is 14.0 Å². The first kappa shape index (κ1) is 18.1. The molecule has 1 aromatic carbocycles. The van der Waals surface area contributed by atoms with Crippen molar-refractivity contribution in [3.05, 3.63) is 56.6 Å². The van der Waals surface area contributed by atoms with Gasteiger partial charge in [-0.2, -0.15) is 0 Å². The number of carbonyl (C=O) groups is 1. The second-order valence-corrected chi connectivity index (χ2v) is 8.40. The number of piperidine rings is 1. The molecule has 5 nitrogen and oxygen atoms in total. The molecule has 8 heteroatoms. The molecule has 1 fully saturated rings. The molecule has 1 atom stereocenters. The monoisotopic (exact) mass is 403 g/mol. The van der Waals surface area contributed by atoms with E-state index in [1.54, 1.807) is 12.1 Å². The maximum Gasteiger partial charge on any atom is 0.255 e. The number of rotatable bonds is 4. The Morgan fingerprint density at radius 3 is 2.93 bits per heavy atom. The van der Waals surface area contributed by atoms with E-state index in [2.05, 4.69) is 10.3 Å². The zero-order valence-electron chi connectivity index (χ0n) is 14.5. The van der Waals surface area contributed by atoms with E-state index in [4.69, 9.17) is 0 Å². The molecule has 3 heterocycles. The van der Waals surface area contributed by atoms with Crippen LogP contribution < -0.4 is 15.0 Å². The number of amides is 1. The summed E-state index contributed by atoms with van der Waals surface area (Å²) in [6.45, 7) is 1.72. The van der Waals surface area contributed by atoms with Gasteiger partial charge in [0, 0.05) is 19.6 Å². The maximum atomic E-state index is 13.0. The lowest BCUT2D eigenvalue weighted by molar-refractivity contribution is -0.125. The van der Waals surface area contributed by atoms with Gasteiger partial charge >= 0.3 is 0 Å². The summed E-state index contributed by atoms with van der Waals surface area (Å²) in [5.41, 5.74) is 1.59.